The van der Waals surface area contributed by atoms with E-state index in [1.807, 2.05) is 31.4 Å². The van der Waals surface area contributed by atoms with E-state index in [0.29, 0.717) is 5.69 Å². The average Bonchev–Trinajstić information content (AvgIpc) is 3.19. The van der Waals surface area contributed by atoms with Crippen LogP contribution in [0.3, 0.4) is 0 Å². The van der Waals surface area contributed by atoms with Crippen molar-refractivity contribution in [3.8, 4) is 10.6 Å². The second-order valence-electron chi connectivity index (χ2n) is 4.88. The maximum absolute atomic E-state index is 12.6. The molecule has 0 saturated carbocycles. The topological polar surface area (TPSA) is 90.0 Å². The molecule has 1 N–H and O–H groups in total. The fourth-order valence-electron chi connectivity index (χ4n) is 1.88. The molecule has 7 nitrogen and oxygen atoms in total. The SMILES string of the molecule is CC(C)n1cc(S(=O)(=O)Nc2ccon2)c(-c2cccs2)n1. The van der Waals surface area contributed by atoms with Gasteiger partial charge in [0, 0.05) is 18.3 Å². The van der Waals surface area contributed by atoms with E-state index in [9.17, 15) is 8.42 Å². The van der Waals surface area contributed by atoms with Gasteiger partial charge < -0.3 is 4.52 Å². The molecule has 0 unspecified atom stereocenters. The highest BCUT2D eigenvalue weighted by atomic mass is 32.2. The van der Waals surface area contributed by atoms with Gasteiger partial charge in [0.2, 0.25) is 0 Å². The van der Waals surface area contributed by atoms with Crippen molar-refractivity contribution >= 4 is 27.2 Å². The van der Waals surface area contributed by atoms with Crippen LogP contribution in [0.2, 0.25) is 0 Å². The molecule has 0 spiro atoms. The van der Waals surface area contributed by atoms with Crippen LogP contribution in [0.25, 0.3) is 10.6 Å². The highest BCUT2D eigenvalue weighted by molar-refractivity contribution is 7.92. The van der Waals surface area contributed by atoms with E-state index in [0.717, 1.165) is 4.88 Å². The van der Waals surface area contributed by atoms with Crippen molar-refractivity contribution in [1.29, 1.82) is 0 Å². The van der Waals surface area contributed by atoms with Crippen molar-refractivity contribution in [2.75, 3.05) is 4.72 Å². The third-order valence-electron chi connectivity index (χ3n) is 2.95. The van der Waals surface area contributed by atoms with Gasteiger partial charge in [-0.3, -0.25) is 9.40 Å². The Balaban J connectivity index is 2.09. The highest BCUT2D eigenvalue weighted by Gasteiger charge is 2.25. The van der Waals surface area contributed by atoms with Crippen molar-refractivity contribution < 1.29 is 12.9 Å². The molecule has 9 heteroatoms. The lowest BCUT2D eigenvalue weighted by molar-refractivity contribution is 0.423. The van der Waals surface area contributed by atoms with E-state index >= 15 is 0 Å². The molecular formula is C13H14N4O3S2. The molecule has 0 bridgehead atoms. The van der Waals surface area contributed by atoms with Crippen LogP contribution >= 0.6 is 11.3 Å². The normalized spacial score (nSPS) is 12.0. The second kappa shape index (κ2) is 5.58. The predicted molar refractivity (Wildman–Crippen MR) is 83.2 cm³/mol. The van der Waals surface area contributed by atoms with Crippen LogP contribution in [0.4, 0.5) is 5.82 Å². The molecule has 3 rings (SSSR count). The van der Waals surface area contributed by atoms with Gasteiger partial charge in [-0.15, -0.1) is 11.3 Å². The molecule has 0 atom stereocenters. The van der Waals surface area contributed by atoms with Crippen molar-refractivity contribution in [2.24, 2.45) is 0 Å². The van der Waals surface area contributed by atoms with Crippen molar-refractivity contribution in [3.05, 3.63) is 36.0 Å². The third kappa shape index (κ3) is 2.77. The molecule has 116 valence electrons. The maximum Gasteiger partial charge on any atom is 0.266 e. The van der Waals surface area contributed by atoms with Crippen LogP contribution in [0.15, 0.2) is 45.5 Å². The predicted octanol–water partition coefficient (Wildman–Crippen LogP) is 2.98. The van der Waals surface area contributed by atoms with Gasteiger partial charge in [-0.1, -0.05) is 11.2 Å². The second-order valence-corrected chi connectivity index (χ2v) is 7.48. The molecule has 0 radical (unpaired) electrons. The summed E-state index contributed by atoms with van der Waals surface area (Å²) >= 11 is 1.44. The summed E-state index contributed by atoms with van der Waals surface area (Å²) in [4.78, 5) is 0.909. The molecule has 0 aliphatic rings. The first kappa shape index (κ1) is 14.8. The Morgan fingerprint density at radius 1 is 1.36 bits per heavy atom. The molecule has 3 aromatic heterocycles. The van der Waals surface area contributed by atoms with Gasteiger partial charge in [-0.05, 0) is 25.3 Å². The summed E-state index contributed by atoms with van der Waals surface area (Å²) in [6.45, 7) is 3.87. The Morgan fingerprint density at radius 2 is 2.18 bits per heavy atom. The average molecular weight is 338 g/mol. The quantitative estimate of drug-likeness (QED) is 0.772. The summed E-state index contributed by atoms with van der Waals surface area (Å²) in [5.74, 6) is 0.134. The molecule has 0 aliphatic carbocycles. The summed E-state index contributed by atoms with van der Waals surface area (Å²) in [7, 11) is -3.80. The van der Waals surface area contributed by atoms with E-state index in [1.165, 1.54) is 29.9 Å². The zero-order valence-electron chi connectivity index (χ0n) is 11.9. The van der Waals surface area contributed by atoms with Gasteiger partial charge in [0.1, 0.15) is 16.9 Å². The Bertz CT molecular complexity index is 849. The van der Waals surface area contributed by atoms with Gasteiger partial charge in [0.05, 0.1) is 4.88 Å². The number of sulfonamides is 1. The van der Waals surface area contributed by atoms with E-state index < -0.39 is 10.0 Å². The molecule has 22 heavy (non-hydrogen) atoms. The van der Waals surface area contributed by atoms with Crippen molar-refractivity contribution in [3.63, 3.8) is 0 Å². The van der Waals surface area contributed by atoms with Gasteiger partial charge >= 0.3 is 0 Å². The van der Waals surface area contributed by atoms with Crippen molar-refractivity contribution in [1.82, 2.24) is 14.9 Å². The summed E-state index contributed by atoms with van der Waals surface area (Å²) in [5, 5.41) is 9.86. The first-order chi connectivity index (χ1) is 10.5. The first-order valence-electron chi connectivity index (χ1n) is 6.53. The number of nitrogens with one attached hydrogen (secondary N) is 1. The van der Waals surface area contributed by atoms with Crippen LogP contribution < -0.4 is 4.72 Å². The number of anilines is 1. The minimum atomic E-state index is -3.80. The number of rotatable bonds is 5. The lowest BCUT2D eigenvalue weighted by Crippen LogP contribution is -2.13. The molecule has 0 aromatic carbocycles. The van der Waals surface area contributed by atoms with Crippen LogP contribution in [0, 0.1) is 0 Å². The molecule has 0 saturated heterocycles. The fourth-order valence-corrected chi connectivity index (χ4v) is 3.81. The summed E-state index contributed by atoms with van der Waals surface area (Å²) in [6, 6.07) is 5.19. The highest BCUT2D eigenvalue weighted by Crippen LogP contribution is 2.31. The van der Waals surface area contributed by atoms with Crippen LogP contribution in [0.5, 0.6) is 0 Å². The third-order valence-corrected chi connectivity index (χ3v) is 5.18. The van der Waals surface area contributed by atoms with Crippen LogP contribution in [-0.2, 0) is 10.0 Å². The van der Waals surface area contributed by atoms with Crippen LogP contribution in [0.1, 0.15) is 19.9 Å². The molecular weight excluding hydrogens is 324 g/mol. The molecule has 0 amide bonds. The van der Waals surface area contributed by atoms with Crippen molar-refractivity contribution in [2.45, 2.75) is 24.8 Å². The minimum absolute atomic E-state index is 0.0507. The number of nitrogens with zero attached hydrogens (tertiary/aromatic N) is 3. The van der Waals surface area contributed by atoms with E-state index in [2.05, 4.69) is 19.5 Å². The summed E-state index contributed by atoms with van der Waals surface area (Å²) in [6.07, 6.45) is 2.83. The maximum atomic E-state index is 12.6. The largest absolute Gasteiger partial charge is 0.363 e. The molecule has 0 aliphatic heterocycles. The number of hydrogen-bond donors (Lipinski definition) is 1. The standard InChI is InChI=1S/C13H14N4O3S2/c1-9(2)17-8-11(13(14-17)10-4-3-7-21-10)22(18,19)16-12-5-6-20-15-12/h3-9H,1-2H3,(H,15,16). The lowest BCUT2D eigenvalue weighted by Gasteiger charge is -2.04. The van der Waals surface area contributed by atoms with Gasteiger partial charge in [-0.25, -0.2) is 8.42 Å². The van der Waals surface area contributed by atoms with Gasteiger partial charge in [0.15, 0.2) is 5.82 Å². The Hall–Kier alpha value is -2.13. The Labute approximate surface area is 131 Å². The Kier molecular flexibility index (Phi) is 3.75. The van der Waals surface area contributed by atoms with Gasteiger partial charge in [-0.2, -0.15) is 5.10 Å². The fraction of sp³-hybridized carbons (Fsp3) is 0.231. The lowest BCUT2D eigenvalue weighted by atomic mass is 10.3. The monoisotopic (exact) mass is 338 g/mol. The van der Waals surface area contributed by atoms with E-state index in [4.69, 9.17) is 0 Å². The number of hydrogen-bond acceptors (Lipinski definition) is 6. The zero-order valence-corrected chi connectivity index (χ0v) is 13.6. The van der Waals surface area contributed by atoms with E-state index in [-0.39, 0.29) is 16.8 Å². The first-order valence-corrected chi connectivity index (χ1v) is 8.90. The summed E-state index contributed by atoms with van der Waals surface area (Å²) < 4.78 is 33.9. The van der Waals surface area contributed by atoms with Crippen LogP contribution in [-0.4, -0.2) is 23.4 Å². The number of thiophene rings is 1. The number of aromatic nitrogens is 3. The van der Waals surface area contributed by atoms with Gasteiger partial charge in [0.25, 0.3) is 10.0 Å². The zero-order chi connectivity index (χ0) is 15.7. The summed E-state index contributed by atoms with van der Waals surface area (Å²) in [5.41, 5.74) is 0.430. The molecule has 0 fully saturated rings. The smallest absolute Gasteiger partial charge is 0.266 e. The molecule has 3 aromatic rings. The Morgan fingerprint density at radius 3 is 2.77 bits per heavy atom. The van der Waals surface area contributed by atoms with E-state index in [1.54, 1.807) is 4.68 Å². The minimum Gasteiger partial charge on any atom is -0.363 e. The molecule has 3 heterocycles.